The van der Waals surface area contributed by atoms with E-state index in [1.54, 1.807) is 37.5 Å². The van der Waals surface area contributed by atoms with Crippen LogP contribution in [0.2, 0.25) is 0 Å². The lowest BCUT2D eigenvalue weighted by molar-refractivity contribution is 0.0136. The fraction of sp³-hybridized carbons (Fsp3) is 0.429. The number of sulfonamides is 1. The maximum absolute atomic E-state index is 12.1. The van der Waals surface area contributed by atoms with Gasteiger partial charge in [-0.25, -0.2) is 13.1 Å². The second kappa shape index (κ2) is 6.32. The molecule has 0 aromatic heterocycles. The minimum Gasteiger partial charge on any atom is -0.377 e. The molecule has 0 aliphatic carbocycles. The van der Waals surface area contributed by atoms with E-state index < -0.39 is 15.6 Å². The predicted molar refractivity (Wildman–Crippen MR) is 76.6 cm³/mol. The summed E-state index contributed by atoms with van der Waals surface area (Å²) in [5.74, 6) is 0. The molecule has 1 atom stereocenters. The Morgan fingerprint density at radius 2 is 1.95 bits per heavy atom. The van der Waals surface area contributed by atoms with Gasteiger partial charge in [-0.15, -0.1) is 6.58 Å². The van der Waals surface area contributed by atoms with Gasteiger partial charge in [-0.2, -0.15) is 0 Å². The van der Waals surface area contributed by atoms with Crippen molar-refractivity contribution >= 4 is 10.0 Å². The highest BCUT2D eigenvalue weighted by Gasteiger charge is 2.25. The van der Waals surface area contributed by atoms with Gasteiger partial charge in [-0.05, 0) is 32.4 Å². The fourth-order valence-electron chi connectivity index (χ4n) is 1.58. The normalized spacial score (nSPS) is 14.9. The molecule has 0 bridgehead atoms. The zero-order chi connectivity index (χ0) is 14.5. The standard InChI is InChI=1S/C14H21NO3S/c1-5-10-14(3,18-4)11-15-19(16,17)13-8-6-12(2)7-9-13/h5-9,15H,1,10-11H2,2-4H3. The largest absolute Gasteiger partial charge is 0.377 e. The Kier molecular flexibility index (Phi) is 5.29. The van der Waals surface area contributed by atoms with Crippen LogP contribution in [0.15, 0.2) is 41.8 Å². The third-order valence-corrected chi connectivity index (χ3v) is 4.45. The molecule has 1 N–H and O–H groups in total. The van der Waals surface area contributed by atoms with E-state index in [9.17, 15) is 8.42 Å². The number of benzene rings is 1. The molecule has 19 heavy (non-hydrogen) atoms. The molecule has 0 heterocycles. The lowest BCUT2D eigenvalue weighted by Gasteiger charge is -2.27. The van der Waals surface area contributed by atoms with E-state index in [-0.39, 0.29) is 11.4 Å². The second-order valence-corrected chi connectivity index (χ2v) is 6.55. The van der Waals surface area contributed by atoms with E-state index in [2.05, 4.69) is 11.3 Å². The molecule has 0 aliphatic rings. The molecule has 0 aliphatic heterocycles. The van der Waals surface area contributed by atoms with Crippen LogP contribution in [0.25, 0.3) is 0 Å². The summed E-state index contributed by atoms with van der Waals surface area (Å²) >= 11 is 0. The van der Waals surface area contributed by atoms with E-state index >= 15 is 0 Å². The first-order valence-corrected chi connectivity index (χ1v) is 7.54. The van der Waals surface area contributed by atoms with E-state index in [1.165, 1.54) is 0 Å². The minimum absolute atomic E-state index is 0.200. The van der Waals surface area contributed by atoms with Crippen LogP contribution in [0.4, 0.5) is 0 Å². The summed E-state index contributed by atoms with van der Waals surface area (Å²) in [6, 6.07) is 6.73. The van der Waals surface area contributed by atoms with Crippen LogP contribution in [0.1, 0.15) is 18.9 Å². The van der Waals surface area contributed by atoms with Crippen molar-refractivity contribution in [3.05, 3.63) is 42.5 Å². The Bertz CT molecular complexity index is 522. The molecule has 5 heteroatoms. The number of ether oxygens (including phenoxy) is 1. The van der Waals surface area contributed by atoms with Crippen molar-refractivity contribution in [1.29, 1.82) is 0 Å². The SMILES string of the molecule is C=CCC(C)(CNS(=O)(=O)c1ccc(C)cc1)OC. The van der Waals surface area contributed by atoms with E-state index in [0.29, 0.717) is 6.42 Å². The summed E-state index contributed by atoms with van der Waals surface area (Å²) in [5, 5.41) is 0. The van der Waals surface area contributed by atoms with E-state index in [1.807, 2.05) is 13.8 Å². The molecular formula is C14H21NO3S. The molecule has 1 unspecified atom stereocenters. The van der Waals surface area contributed by atoms with Gasteiger partial charge in [0.2, 0.25) is 10.0 Å². The molecule has 0 saturated heterocycles. The van der Waals surface area contributed by atoms with E-state index in [4.69, 9.17) is 4.74 Å². The Morgan fingerprint density at radius 3 is 2.42 bits per heavy atom. The van der Waals surface area contributed by atoms with Gasteiger partial charge in [0.1, 0.15) is 0 Å². The van der Waals surface area contributed by atoms with Crippen LogP contribution in [0.5, 0.6) is 0 Å². The summed E-state index contributed by atoms with van der Waals surface area (Å²) in [6.07, 6.45) is 2.28. The number of methoxy groups -OCH3 is 1. The molecule has 4 nitrogen and oxygen atoms in total. The average molecular weight is 283 g/mol. The van der Waals surface area contributed by atoms with Gasteiger partial charge in [0, 0.05) is 13.7 Å². The third kappa shape index (κ3) is 4.45. The average Bonchev–Trinajstić information content (AvgIpc) is 2.37. The van der Waals surface area contributed by atoms with Crippen LogP contribution in [-0.2, 0) is 14.8 Å². The summed E-state index contributed by atoms with van der Waals surface area (Å²) < 4.78 is 32.1. The summed E-state index contributed by atoms with van der Waals surface area (Å²) in [7, 11) is -1.94. The summed E-state index contributed by atoms with van der Waals surface area (Å²) in [4.78, 5) is 0.259. The highest BCUT2D eigenvalue weighted by Crippen LogP contribution is 2.16. The van der Waals surface area contributed by atoms with Crippen LogP contribution in [-0.4, -0.2) is 27.7 Å². The van der Waals surface area contributed by atoms with Gasteiger partial charge in [-0.3, -0.25) is 0 Å². The molecular weight excluding hydrogens is 262 g/mol. The lowest BCUT2D eigenvalue weighted by Crippen LogP contribution is -2.41. The molecule has 0 amide bonds. The Balaban J connectivity index is 2.80. The highest BCUT2D eigenvalue weighted by atomic mass is 32.2. The van der Waals surface area contributed by atoms with Gasteiger partial charge < -0.3 is 4.74 Å². The van der Waals surface area contributed by atoms with Crippen molar-refractivity contribution in [3.63, 3.8) is 0 Å². The number of rotatable bonds is 7. The van der Waals surface area contributed by atoms with Gasteiger partial charge in [0.15, 0.2) is 0 Å². The van der Waals surface area contributed by atoms with Gasteiger partial charge in [-0.1, -0.05) is 23.8 Å². The molecule has 106 valence electrons. The van der Waals surface area contributed by atoms with Crippen molar-refractivity contribution < 1.29 is 13.2 Å². The second-order valence-electron chi connectivity index (χ2n) is 4.78. The molecule has 1 aromatic carbocycles. The van der Waals surface area contributed by atoms with Crippen molar-refractivity contribution in [2.24, 2.45) is 0 Å². The summed E-state index contributed by atoms with van der Waals surface area (Å²) in [5.41, 5.74) is 0.437. The number of hydrogen-bond donors (Lipinski definition) is 1. The zero-order valence-corrected chi connectivity index (χ0v) is 12.5. The topological polar surface area (TPSA) is 55.4 Å². The first kappa shape index (κ1) is 15.9. The smallest absolute Gasteiger partial charge is 0.240 e. The highest BCUT2D eigenvalue weighted by molar-refractivity contribution is 7.89. The molecule has 0 fully saturated rings. The maximum atomic E-state index is 12.1. The van der Waals surface area contributed by atoms with Crippen LogP contribution < -0.4 is 4.72 Å². The Labute approximate surface area is 115 Å². The molecule has 1 rings (SSSR count). The van der Waals surface area contributed by atoms with Crippen LogP contribution in [0, 0.1) is 6.92 Å². The first-order valence-electron chi connectivity index (χ1n) is 6.05. The van der Waals surface area contributed by atoms with Gasteiger partial charge >= 0.3 is 0 Å². The molecule has 1 aromatic rings. The number of nitrogens with one attached hydrogen (secondary N) is 1. The lowest BCUT2D eigenvalue weighted by atomic mass is 10.0. The van der Waals surface area contributed by atoms with E-state index in [0.717, 1.165) is 5.56 Å². The maximum Gasteiger partial charge on any atom is 0.240 e. The predicted octanol–water partition coefficient (Wildman–Crippen LogP) is 2.25. The summed E-state index contributed by atoms with van der Waals surface area (Å²) in [6.45, 7) is 7.60. The number of aryl methyl sites for hydroxylation is 1. The number of hydrogen-bond acceptors (Lipinski definition) is 3. The third-order valence-electron chi connectivity index (χ3n) is 3.04. The first-order chi connectivity index (χ1) is 8.83. The molecule has 0 spiro atoms. The Hall–Kier alpha value is -1.17. The zero-order valence-electron chi connectivity index (χ0n) is 11.6. The van der Waals surface area contributed by atoms with Gasteiger partial charge in [0.25, 0.3) is 0 Å². The van der Waals surface area contributed by atoms with Gasteiger partial charge in [0.05, 0.1) is 10.5 Å². The minimum atomic E-state index is -3.50. The van der Waals surface area contributed by atoms with Crippen molar-refractivity contribution in [2.45, 2.75) is 30.8 Å². The van der Waals surface area contributed by atoms with Crippen LogP contribution >= 0.6 is 0 Å². The molecule has 0 radical (unpaired) electrons. The van der Waals surface area contributed by atoms with Crippen LogP contribution in [0.3, 0.4) is 0 Å². The van der Waals surface area contributed by atoms with Crippen molar-refractivity contribution in [3.8, 4) is 0 Å². The fourth-order valence-corrected chi connectivity index (χ4v) is 2.74. The Morgan fingerprint density at radius 1 is 1.37 bits per heavy atom. The quantitative estimate of drug-likeness (QED) is 0.781. The molecule has 0 saturated carbocycles. The van der Waals surface area contributed by atoms with Crippen molar-refractivity contribution in [2.75, 3.05) is 13.7 Å². The van der Waals surface area contributed by atoms with Crippen molar-refractivity contribution in [1.82, 2.24) is 4.72 Å². The monoisotopic (exact) mass is 283 g/mol.